The van der Waals surface area contributed by atoms with Crippen LogP contribution in [0.2, 0.25) is 0 Å². The van der Waals surface area contributed by atoms with Crippen LogP contribution in [-0.2, 0) is 0 Å². The molecule has 0 saturated heterocycles. The first kappa shape index (κ1) is 14.4. The van der Waals surface area contributed by atoms with Crippen LogP contribution in [0.3, 0.4) is 0 Å². The number of amides is 1. The molecule has 5 heteroatoms. The van der Waals surface area contributed by atoms with Crippen LogP contribution in [0.1, 0.15) is 42.6 Å². The van der Waals surface area contributed by atoms with Gasteiger partial charge in [-0.15, -0.1) is 0 Å². The summed E-state index contributed by atoms with van der Waals surface area (Å²) in [6.45, 7) is 5.66. The van der Waals surface area contributed by atoms with E-state index in [0.29, 0.717) is 24.0 Å². The lowest BCUT2D eigenvalue weighted by atomic mass is 9.97. The van der Waals surface area contributed by atoms with Gasteiger partial charge in [-0.05, 0) is 25.3 Å². The van der Waals surface area contributed by atoms with Gasteiger partial charge in [-0.2, -0.15) is 0 Å². The quantitative estimate of drug-likeness (QED) is 0.730. The van der Waals surface area contributed by atoms with E-state index in [4.69, 9.17) is 0 Å². The van der Waals surface area contributed by atoms with Crippen LogP contribution < -0.4 is 10.9 Å². The number of hydrogen-bond donors (Lipinski definition) is 3. The van der Waals surface area contributed by atoms with Gasteiger partial charge in [0, 0.05) is 18.8 Å². The summed E-state index contributed by atoms with van der Waals surface area (Å²) >= 11 is 0. The standard InChI is InChI=1S/C13H20N2O3/c1-4-13(18,5-2)8-15-12(17)10-7-14-11(16)6-9(10)3/h6-7,18H,4-5,8H2,1-3H3,(H,14,16)(H,15,17). The average molecular weight is 252 g/mol. The minimum absolute atomic E-state index is 0.206. The molecule has 0 aromatic carbocycles. The number of pyridine rings is 1. The topological polar surface area (TPSA) is 82.2 Å². The molecular weight excluding hydrogens is 232 g/mol. The van der Waals surface area contributed by atoms with Gasteiger partial charge in [-0.3, -0.25) is 9.59 Å². The van der Waals surface area contributed by atoms with Crippen LogP contribution in [0.5, 0.6) is 0 Å². The monoisotopic (exact) mass is 252 g/mol. The zero-order valence-corrected chi connectivity index (χ0v) is 11.0. The molecular formula is C13H20N2O3. The van der Waals surface area contributed by atoms with Crippen molar-refractivity contribution in [2.24, 2.45) is 0 Å². The van der Waals surface area contributed by atoms with Crippen molar-refractivity contribution in [1.29, 1.82) is 0 Å². The van der Waals surface area contributed by atoms with Crippen molar-refractivity contribution in [3.63, 3.8) is 0 Å². The number of rotatable bonds is 5. The molecule has 0 radical (unpaired) electrons. The summed E-state index contributed by atoms with van der Waals surface area (Å²) in [5.74, 6) is -0.288. The molecule has 3 N–H and O–H groups in total. The van der Waals surface area contributed by atoms with Crippen molar-refractivity contribution in [2.75, 3.05) is 6.54 Å². The number of carbonyl (C=O) groups is 1. The zero-order valence-electron chi connectivity index (χ0n) is 11.0. The average Bonchev–Trinajstić information content (AvgIpc) is 2.35. The molecule has 1 aromatic heterocycles. The molecule has 0 saturated carbocycles. The third kappa shape index (κ3) is 3.43. The van der Waals surface area contributed by atoms with Crippen molar-refractivity contribution < 1.29 is 9.90 Å². The summed E-state index contributed by atoms with van der Waals surface area (Å²) in [5, 5.41) is 12.8. The molecule has 1 amide bonds. The Balaban J connectivity index is 2.74. The van der Waals surface area contributed by atoms with Crippen molar-refractivity contribution >= 4 is 5.91 Å². The number of aliphatic hydroxyl groups is 1. The highest BCUT2D eigenvalue weighted by Crippen LogP contribution is 2.13. The van der Waals surface area contributed by atoms with E-state index < -0.39 is 5.60 Å². The molecule has 1 heterocycles. The van der Waals surface area contributed by atoms with Gasteiger partial charge in [0.25, 0.3) is 5.91 Å². The van der Waals surface area contributed by atoms with Crippen LogP contribution in [-0.4, -0.2) is 28.1 Å². The largest absolute Gasteiger partial charge is 0.388 e. The van der Waals surface area contributed by atoms with Crippen LogP contribution in [0.15, 0.2) is 17.1 Å². The summed E-state index contributed by atoms with van der Waals surface area (Å²) < 4.78 is 0. The summed E-state index contributed by atoms with van der Waals surface area (Å²) in [6, 6.07) is 1.38. The van der Waals surface area contributed by atoms with Gasteiger partial charge >= 0.3 is 0 Å². The fourth-order valence-corrected chi connectivity index (χ4v) is 1.66. The van der Waals surface area contributed by atoms with Gasteiger partial charge in [0.2, 0.25) is 5.56 Å². The number of H-pyrrole nitrogens is 1. The maximum absolute atomic E-state index is 11.9. The molecule has 100 valence electrons. The third-order valence-electron chi connectivity index (χ3n) is 3.27. The Hall–Kier alpha value is -1.62. The van der Waals surface area contributed by atoms with Crippen LogP contribution in [0.4, 0.5) is 0 Å². The Morgan fingerprint density at radius 3 is 2.56 bits per heavy atom. The lowest BCUT2D eigenvalue weighted by molar-refractivity contribution is 0.0314. The lowest BCUT2D eigenvalue weighted by Gasteiger charge is -2.25. The molecule has 0 aliphatic heterocycles. The van der Waals surface area contributed by atoms with E-state index in [1.54, 1.807) is 6.92 Å². The molecule has 0 unspecified atom stereocenters. The van der Waals surface area contributed by atoms with Gasteiger partial charge in [0.1, 0.15) is 0 Å². The Morgan fingerprint density at radius 2 is 2.06 bits per heavy atom. The van der Waals surface area contributed by atoms with Crippen molar-refractivity contribution in [3.05, 3.63) is 33.7 Å². The number of aryl methyl sites for hydroxylation is 1. The normalized spacial score (nSPS) is 11.3. The lowest BCUT2D eigenvalue weighted by Crippen LogP contribution is -2.42. The van der Waals surface area contributed by atoms with E-state index in [1.807, 2.05) is 13.8 Å². The predicted molar refractivity (Wildman–Crippen MR) is 69.7 cm³/mol. The van der Waals surface area contributed by atoms with Crippen molar-refractivity contribution in [1.82, 2.24) is 10.3 Å². The summed E-state index contributed by atoms with van der Waals surface area (Å²) in [6.07, 6.45) is 2.55. The van der Waals surface area contributed by atoms with Gasteiger partial charge < -0.3 is 15.4 Å². The maximum Gasteiger partial charge on any atom is 0.253 e. The summed E-state index contributed by atoms with van der Waals surface area (Å²) in [4.78, 5) is 25.4. The predicted octanol–water partition coefficient (Wildman–Crippen LogP) is 0.964. The number of carbonyl (C=O) groups excluding carboxylic acids is 1. The Morgan fingerprint density at radius 1 is 1.44 bits per heavy atom. The van der Waals surface area contributed by atoms with Gasteiger partial charge in [0.15, 0.2) is 0 Å². The minimum Gasteiger partial charge on any atom is -0.388 e. The molecule has 0 aliphatic rings. The maximum atomic E-state index is 11.9. The first-order valence-electron chi connectivity index (χ1n) is 6.11. The first-order chi connectivity index (χ1) is 8.41. The van der Waals surface area contributed by atoms with E-state index in [-0.39, 0.29) is 18.0 Å². The molecule has 1 aromatic rings. The SMILES string of the molecule is CCC(O)(CC)CNC(=O)c1c[nH]c(=O)cc1C. The second-order valence-electron chi connectivity index (χ2n) is 4.51. The van der Waals surface area contributed by atoms with E-state index in [2.05, 4.69) is 10.3 Å². The molecule has 1 rings (SSSR count). The fourth-order valence-electron chi connectivity index (χ4n) is 1.66. The highest BCUT2D eigenvalue weighted by Gasteiger charge is 2.23. The van der Waals surface area contributed by atoms with Crippen LogP contribution in [0.25, 0.3) is 0 Å². The van der Waals surface area contributed by atoms with E-state index in [1.165, 1.54) is 12.3 Å². The van der Waals surface area contributed by atoms with Gasteiger partial charge in [0.05, 0.1) is 11.2 Å². The number of nitrogens with one attached hydrogen (secondary N) is 2. The molecule has 5 nitrogen and oxygen atoms in total. The smallest absolute Gasteiger partial charge is 0.253 e. The van der Waals surface area contributed by atoms with Crippen molar-refractivity contribution in [3.8, 4) is 0 Å². The van der Waals surface area contributed by atoms with E-state index >= 15 is 0 Å². The fraction of sp³-hybridized carbons (Fsp3) is 0.538. The Labute approximate surface area is 106 Å². The number of aromatic amines is 1. The van der Waals surface area contributed by atoms with E-state index in [0.717, 1.165) is 0 Å². The minimum atomic E-state index is -0.869. The third-order valence-corrected chi connectivity index (χ3v) is 3.27. The molecule has 18 heavy (non-hydrogen) atoms. The summed E-state index contributed by atoms with van der Waals surface area (Å²) in [5.41, 5.74) is -0.0641. The molecule has 0 fully saturated rings. The van der Waals surface area contributed by atoms with Gasteiger partial charge in [-0.1, -0.05) is 13.8 Å². The Bertz CT molecular complexity index is 475. The van der Waals surface area contributed by atoms with Crippen LogP contribution >= 0.6 is 0 Å². The molecule has 0 spiro atoms. The number of hydrogen-bond acceptors (Lipinski definition) is 3. The molecule has 0 bridgehead atoms. The molecule has 0 aliphatic carbocycles. The zero-order chi connectivity index (χ0) is 13.8. The first-order valence-corrected chi connectivity index (χ1v) is 6.11. The second kappa shape index (κ2) is 5.82. The summed E-state index contributed by atoms with van der Waals surface area (Å²) in [7, 11) is 0. The highest BCUT2D eigenvalue weighted by molar-refractivity contribution is 5.95. The van der Waals surface area contributed by atoms with Gasteiger partial charge in [-0.25, -0.2) is 0 Å². The number of aromatic nitrogens is 1. The molecule has 0 atom stereocenters. The highest BCUT2D eigenvalue weighted by atomic mass is 16.3. The Kier molecular flexibility index (Phi) is 4.67. The van der Waals surface area contributed by atoms with Crippen molar-refractivity contribution in [2.45, 2.75) is 39.2 Å². The second-order valence-corrected chi connectivity index (χ2v) is 4.51. The van der Waals surface area contributed by atoms with E-state index in [9.17, 15) is 14.7 Å². The van der Waals surface area contributed by atoms with Crippen LogP contribution in [0, 0.1) is 6.92 Å².